The van der Waals surface area contributed by atoms with Crippen molar-refractivity contribution in [3.05, 3.63) is 42.0 Å². The van der Waals surface area contributed by atoms with Gasteiger partial charge in [-0.15, -0.1) is 11.8 Å². The van der Waals surface area contributed by atoms with E-state index < -0.39 is 11.6 Å². The number of rotatable bonds is 0. The van der Waals surface area contributed by atoms with Gasteiger partial charge in [0.05, 0.1) is 0 Å². The molecule has 1 fully saturated rings. The number of amides is 3. The molecule has 5 heteroatoms. The van der Waals surface area contributed by atoms with Crippen molar-refractivity contribution in [1.82, 2.24) is 10.6 Å². The zero-order valence-electron chi connectivity index (χ0n) is 10.6. The standard InChI is InChI=1S/C15H12N2O2S/c18-13-15(17-14(19)16-13)7-8-20-12-10-4-2-1-3-9(10)5-6-11(12)15/h1-6H,7-8H2,(H2,16,17,18,19). The molecule has 0 bridgehead atoms. The molecular weight excluding hydrogens is 272 g/mol. The predicted molar refractivity (Wildman–Crippen MR) is 77.6 cm³/mol. The van der Waals surface area contributed by atoms with Crippen molar-refractivity contribution in [3.63, 3.8) is 0 Å². The van der Waals surface area contributed by atoms with Crippen molar-refractivity contribution in [2.45, 2.75) is 16.9 Å². The molecule has 2 heterocycles. The first-order chi connectivity index (χ1) is 9.71. The fourth-order valence-corrected chi connectivity index (χ4v) is 4.38. The van der Waals surface area contributed by atoms with Crippen LogP contribution in [0.4, 0.5) is 4.79 Å². The number of carbonyl (C=O) groups is 2. The summed E-state index contributed by atoms with van der Waals surface area (Å²) in [5, 5.41) is 7.49. The maximum atomic E-state index is 12.3. The van der Waals surface area contributed by atoms with Crippen molar-refractivity contribution < 1.29 is 9.59 Å². The van der Waals surface area contributed by atoms with E-state index in [9.17, 15) is 9.59 Å². The number of carbonyl (C=O) groups excluding carboxylic acids is 2. The molecule has 1 unspecified atom stereocenters. The SMILES string of the molecule is O=C1NC(=O)C2(CCSc3c2ccc2ccccc32)N1. The Labute approximate surface area is 119 Å². The van der Waals surface area contributed by atoms with Gasteiger partial charge in [0.1, 0.15) is 5.54 Å². The summed E-state index contributed by atoms with van der Waals surface area (Å²) < 4.78 is 0. The summed E-state index contributed by atoms with van der Waals surface area (Å²) in [7, 11) is 0. The van der Waals surface area contributed by atoms with E-state index in [2.05, 4.69) is 22.8 Å². The lowest BCUT2D eigenvalue weighted by Crippen LogP contribution is -2.46. The monoisotopic (exact) mass is 284 g/mol. The van der Waals surface area contributed by atoms with Crippen LogP contribution in [0.2, 0.25) is 0 Å². The molecule has 4 nitrogen and oxygen atoms in total. The lowest BCUT2D eigenvalue weighted by Gasteiger charge is -2.33. The molecule has 0 saturated carbocycles. The van der Waals surface area contributed by atoms with Crippen LogP contribution in [0.15, 0.2) is 41.3 Å². The van der Waals surface area contributed by atoms with Crippen LogP contribution in [0.25, 0.3) is 10.8 Å². The van der Waals surface area contributed by atoms with E-state index in [0.29, 0.717) is 6.42 Å². The number of urea groups is 1. The summed E-state index contributed by atoms with van der Waals surface area (Å²) >= 11 is 1.75. The summed E-state index contributed by atoms with van der Waals surface area (Å²) in [4.78, 5) is 24.9. The third kappa shape index (κ3) is 1.44. The van der Waals surface area contributed by atoms with E-state index >= 15 is 0 Å². The summed E-state index contributed by atoms with van der Waals surface area (Å²) in [6, 6.07) is 11.7. The lowest BCUT2D eigenvalue weighted by molar-refractivity contribution is -0.124. The van der Waals surface area contributed by atoms with Gasteiger partial charge in [0.15, 0.2) is 0 Å². The first-order valence-corrected chi connectivity index (χ1v) is 7.48. The average Bonchev–Trinajstić information content (AvgIpc) is 2.74. The van der Waals surface area contributed by atoms with Crippen LogP contribution < -0.4 is 10.6 Å². The molecule has 4 rings (SSSR count). The van der Waals surface area contributed by atoms with Gasteiger partial charge in [-0.25, -0.2) is 4.79 Å². The Morgan fingerprint density at radius 2 is 1.95 bits per heavy atom. The van der Waals surface area contributed by atoms with E-state index in [1.54, 1.807) is 11.8 Å². The van der Waals surface area contributed by atoms with Gasteiger partial charge in [0, 0.05) is 16.2 Å². The Morgan fingerprint density at radius 1 is 1.10 bits per heavy atom. The van der Waals surface area contributed by atoms with Crippen molar-refractivity contribution >= 4 is 34.5 Å². The Bertz CT molecular complexity index is 759. The molecular formula is C15H12N2O2S. The smallest absolute Gasteiger partial charge is 0.319 e. The highest BCUT2D eigenvalue weighted by molar-refractivity contribution is 7.99. The zero-order valence-corrected chi connectivity index (χ0v) is 11.4. The van der Waals surface area contributed by atoms with Crippen molar-refractivity contribution in [1.29, 1.82) is 0 Å². The second-order valence-corrected chi connectivity index (χ2v) is 6.18. The molecule has 2 aliphatic rings. The normalized spacial score (nSPS) is 24.6. The minimum absolute atomic E-state index is 0.237. The first kappa shape index (κ1) is 11.8. The molecule has 3 amide bonds. The number of fused-ring (bicyclic) bond motifs is 4. The summed E-state index contributed by atoms with van der Waals surface area (Å²) in [5.74, 6) is 0.577. The van der Waals surface area contributed by atoms with Gasteiger partial charge in [-0.3, -0.25) is 10.1 Å². The van der Waals surface area contributed by atoms with E-state index in [4.69, 9.17) is 0 Å². The van der Waals surface area contributed by atoms with Gasteiger partial charge in [-0.05, 0) is 17.2 Å². The molecule has 2 aromatic carbocycles. The van der Waals surface area contributed by atoms with Crippen LogP contribution in [0.1, 0.15) is 12.0 Å². The summed E-state index contributed by atoms with van der Waals surface area (Å²) in [6.45, 7) is 0. The van der Waals surface area contributed by atoms with Crippen LogP contribution in [0.5, 0.6) is 0 Å². The maximum Gasteiger partial charge on any atom is 0.322 e. The minimum Gasteiger partial charge on any atom is -0.319 e. The van der Waals surface area contributed by atoms with E-state index in [1.165, 1.54) is 0 Å². The predicted octanol–water partition coefficient (Wildman–Crippen LogP) is 2.37. The van der Waals surface area contributed by atoms with Crippen molar-refractivity contribution in [2.24, 2.45) is 0 Å². The van der Waals surface area contributed by atoms with Gasteiger partial charge in [-0.2, -0.15) is 0 Å². The number of thioether (sulfide) groups is 1. The number of imide groups is 1. The van der Waals surface area contributed by atoms with E-state index in [-0.39, 0.29) is 5.91 Å². The van der Waals surface area contributed by atoms with Gasteiger partial charge in [0.2, 0.25) is 0 Å². The Hall–Kier alpha value is -2.01. The molecule has 0 radical (unpaired) electrons. The Kier molecular flexibility index (Phi) is 2.35. The quantitative estimate of drug-likeness (QED) is 0.730. The van der Waals surface area contributed by atoms with Crippen LogP contribution in [-0.2, 0) is 10.3 Å². The average molecular weight is 284 g/mol. The molecule has 2 N–H and O–H groups in total. The van der Waals surface area contributed by atoms with Gasteiger partial charge in [0.25, 0.3) is 5.91 Å². The Balaban J connectivity index is 2.01. The molecule has 0 aliphatic carbocycles. The highest BCUT2D eigenvalue weighted by Gasteiger charge is 2.50. The lowest BCUT2D eigenvalue weighted by atomic mass is 9.85. The van der Waals surface area contributed by atoms with Gasteiger partial charge >= 0.3 is 6.03 Å². The number of nitrogens with one attached hydrogen (secondary N) is 2. The summed E-state index contributed by atoms with van der Waals surface area (Å²) in [5.41, 5.74) is 0.0256. The first-order valence-electron chi connectivity index (χ1n) is 6.49. The zero-order chi connectivity index (χ0) is 13.7. The van der Waals surface area contributed by atoms with Crippen LogP contribution >= 0.6 is 11.8 Å². The second kappa shape index (κ2) is 3.99. The van der Waals surface area contributed by atoms with Gasteiger partial charge < -0.3 is 5.32 Å². The molecule has 20 heavy (non-hydrogen) atoms. The molecule has 1 saturated heterocycles. The minimum atomic E-state index is -0.887. The number of hydrogen-bond acceptors (Lipinski definition) is 3. The van der Waals surface area contributed by atoms with Gasteiger partial charge in [-0.1, -0.05) is 36.4 Å². The van der Waals surface area contributed by atoms with Crippen LogP contribution in [-0.4, -0.2) is 17.7 Å². The second-order valence-electron chi connectivity index (χ2n) is 5.08. The molecule has 1 atom stereocenters. The van der Waals surface area contributed by atoms with Crippen LogP contribution in [0.3, 0.4) is 0 Å². The molecule has 1 spiro atoms. The number of hydrogen-bond donors (Lipinski definition) is 2. The van der Waals surface area contributed by atoms with Crippen molar-refractivity contribution in [3.8, 4) is 0 Å². The third-order valence-corrected chi connectivity index (χ3v) is 5.14. The van der Waals surface area contributed by atoms with Crippen molar-refractivity contribution in [2.75, 3.05) is 5.75 Å². The van der Waals surface area contributed by atoms with Crippen LogP contribution in [0, 0.1) is 0 Å². The summed E-state index contributed by atoms with van der Waals surface area (Å²) in [6.07, 6.45) is 0.626. The molecule has 100 valence electrons. The molecule has 2 aromatic rings. The van der Waals surface area contributed by atoms with E-state index in [1.807, 2.05) is 24.3 Å². The van der Waals surface area contributed by atoms with E-state index in [0.717, 1.165) is 27.0 Å². The highest BCUT2D eigenvalue weighted by Crippen LogP contribution is 2.45. The number of benzene rings is 2. The molecule has 2 aliphatic heterocycles. The third-order valence-electron chi connectivity index (χ3n) is 4.00. The highest BCUT2D eigenvalue weighted by atomic mass is 32.2. The molecule has 0 aromatic heterocycles. The largest absolute Gasteiger partial charge is 0.322 e. The fraction of sp³-hybridized carbons (Fsp3) is 0.200. The topological polar surface area (TPSA) is 58.2 Å². The fourth-order valence-electron chi connectivity index (χ4n) is 3.03. The maximum absolute atomic E-state index is 12.3. The Morgan fingerprint density at radius 3 is 2.75 bits per heavy atom.